The highest BCUT2D eigenvalue weighted by Gasteiger charge is 2.16. The van der Waals surface area contributed by atoms with Gasteiger partial charge >= 0.3 is 11.9 Å². The number of nitrogens with zero attached hydrogens (tertiary/aromatic N) is 1. The van der Waals surface area contributed by atoms with Crippen LogP contribution in [0.2, 0.25) is 0 Å². The van der Waals surface area contributed by atoms with Gasteiger partial charge in [0.2, 0.25) is 5.91 Å². The summed E-state index contributed by atoms with van der Waals surface area (Å²) >= 11 is 0. The molecular formula is C38H58N2O10. The van der Waals surface area contributed by atoms with Crippen LogP contribution in [0.3, 0.4) is 0 Å². The number of Topliss-reactive ketones (excluding diaryl/α,β-unsaturated/α-hetero) is 1. The molecule has 0 aliphatic heterocycles. The number of hydrogen-bond donors (Lipinski definition) is 1. The Balaban J connectivity index is 0.000000649. The van der Waals surface area contributed by atoms with E-state index >= 15 is 0 Å². The summed E-state index contributed by atoms with van der Waals surface area (Å²) in [5, 5.41) is 11.6. The van der Waals surface area contributed by atoms with Crippen LogP contribution in [0.5, 0.6) is 11.5 Å². The quantitative estimate of drug-likeness (QED) is 0.0265. The van der Waals surface area contributed by atoms with Crippen molar-refractivity contribution in [2.45, 2.75) is 123 Å². The summed E-state index contributed by atoms with van der Waals surface area (Å²) in [5.41, 5.74) is 0.710. The van der Waals surface area contributed by atoms with Gasteiger partial charge < -0.3 is 24.4 Å². The van der Waals surface area contributed by atoms with E-state index in [0.717, 1.165) is 31.6 Å². The Hall–Kier alpha value is -4.22. The Morgan fingerprint density at radius 2 is 1.68 bits per heavy atom. The molecule has 0 spiro atoms. The van der Waals surface area contributed by atoms with Gasteiger partial charge in [0, 0.05) is 25.7 Å². The zero-order valence-corrected chi connectivity index (χ0v) is 30.3. The normalized spacial score (nSPS) is 12.7. The van der Waals surface area contributed by atoms with Gasteiger partial charge in [-0.25, -0.2) is 4.79 Å². The monoisotopic (exact) mass is 702 g/mol. The largest absolute Gasteiger partial charge is 0.493 e. The van der Waals surface area contributed by atoms with Gasteiger partial charge in [0.05, 0.1) is 13.7 Å². The molecular weight excluding hydrogens is 644 g/mol. The molecule has 1 aliphatic rings. The molecule has 1 aromatic rings. The number of amides is 1. The Morgan fingerprint density at radius 3 is 2.38 bits per heavy atom. The van der Waals surface area contributed by atoms with Crippen LogP contribution in [-0.4, -0.2) is 55.6 Å². The summed E-state index contributed by atoms with van der Waals surface area (Å²) in [7, 11) is 1.43. The number of carbonyl (C=O) groups excluding carboxylic acids is 4. The second kappa shape index (κ2) is 28.6. The number of ether oxygens (including phenoxy) is 3. The molecule has 280 valence electrons. The van der Waals surface area contributed by atoms with Gasteiger partial charge in [0.1, 0.15) is 18.9 Å². The van der Waals surface area contributed by atoms with Crippen molar-refractivity contribution in [2.24, 2.45) is 5.92 Å². The van der Waals surface area contributed by atoms with Gasteiger partial charge in [-0.15, -0.1) is 10.1 Å². The van der Waals surface area contributed by atoms with Gasteiger partial charge in [-0.3, -0.25) is 14.4 Å². The Kier molecular flexibility index (Phi) is 25.1. The van der Waals surface area contributed by atoms with E-state index in [-0.39, 0.29) is 44.3 Å². The van der Waals surface area contributed by atoms with E-state index in [9.17, 15) is 29.3 Å². The molecule has 12 heteroatoms. The molecule has 50 heavy (non-hydrogen) atoms. The van der Waals surface area contributed by atoms with Crippen LogP contribution in [0.15, 0.2) is 36.4 Å². The molecule has 2 rings (SSSR count). The van der Waals surface area contributed by atoms with E-state index < -0.39 is 17.0 Å². The Morgan fingerprint density at radius 1 is 0.920 bits per heavy atom. The predicted octanol–water partition coefficient (Wildman–Crippen LogP) is 7.89. The second-order valence-electron chi connectivity index (χ2n) is 12.3. The SMILES string of the molecule is C/C=C\CCCC(=O)NCC(=O)Oc1ccc(/C=C/COC(=O)CCCO[N+](=O)[O-])cc1OC.CCCCCCCC(=O)CCC1CCCC1. The lowest BCUT2D eigenvalue weighted by molar-refractivity contribution is -0.757. The average Bonchev–Trinajstić information content (AvgIpc) is 3.63. The maximum atomic E-state index is 12.0. The fourth-order valence-corrected chi connectivity index (χ4v) is 5.31. The van der Waals surface area contributed by atoms with Crippen LogP contribution in [0.25, 0.3) is 6.08 Å². The predicted molar refractivity (Wildman–Crippen MR) is 192 cm³/mol. The molecule has 0 radical (unpaired) electrons. The second-order valence-corrected chi connectivity index (χ2v) is 12.3. The van der Waals surface area contributed by atoms with Gasteiger partial charge in [0.25, 0.3) is 5.09 Å². The standard InChI is InChI=1S/C23H30N2O9.C15H28O/c1-3-4-5-6-10-21(26)24-17-23(28)34-19-13-12-18(16-20(19)31-2)9-7-14-32-22(27)11-8-15-33-25(29)30;1-2-3-4-5-6-11-15(16)13-12-14-9-7-8-10-14/h3-4,7,9,12-13,16H,5-6,8,10-11,14-15,17H2,1-2H3,(H,24,26);14H,2-13H2,1H3/b4-3-,9-7+;. The number of allylic oxidation sites excluding steroid dienone is 2. The van der Waals surface area contributed by atoms with Gasteiger partial charge in [-0.1, -0.05) is 82.6 Å². The highest BCUT2D eigenvalue weighted by atomic mass is 16.9. The molecule has 12 nitrogen and oxygen atoms in total. The van der Waals surface area contributed by atoms with Crippen molar-refractivity contribution in [3.63, 3.8) is 0 Å². The molecule has 1 aliphatic carbocycles. The molecule has 0 unspecified atom stereocenters. The first-order chi connectivity index (χ1) is 24.2. The van der Waals surface area contributed by atoms with E-state index in [2.05, 4.69) is 17.1 Å². The van der Waals surface area contributed by atoms with Crippen LogP contribution in [-0.2, 0) is 28.8 Å². The molecule has 0 bridgehead atoms. The molecule has 0 aromatic heterocycles. The lowest BCUT2D eigenvalue weighted by Gasteiger charge is -2.10. The number of carbonyl (C=O) groups is 4. The first-order valence-corrected chi connectivity index (χ1v) is 18.1. The molecule has 1 saturated carbocycles. The third kappa shape index (κ3) is 23.2. The van der Waals surface area contributed by atoms with E-state index in [0.29, 0.717) is 29.9 Å². The molecule has 1 aromatic carbocycles. The fraction of sp³-hybridized carbons (Fsp3) is 0.632. The van der Waals surface area contributed by atoms with Crippen molar-refractivity contribution in [1.29, 1.82) is 0 Å². The van der Waals surface area contributed by atoms with Crippen LogP contribution in [0, 0.1) is 16.0 Å². The maximum Gasteiger partial charge on any atom is 0.330 e. The number of ketones is 1. The summed E-state index contributed by atoms with van der Waals surface area (Å²) in [6.45, 7) is 3.74. The molecule has 1 N–H and O–H groups in total. The van der Waals surface area contributed by atoms with E-state index in [1.807, 2.05) is 19.1 Å². The summed E-state index contributed by atoms with van der Waals surface area (Å²) in [6, 6.07) is 4.87. The van der Waals surface area contributed by atoms with E-state index in [1.54, 1.807) is 30.4 Å². The minimum absolute atomic E-state index is 0.00617. The maximum absolute atomic E-state index is 12.0. The highest BCUT2D eigenvalue weighted by Crippen LogP contribution is 2.29. The summed E-state index contributed by atoms with van der Waals surface area (Å²) in [6.07, 6.45) is 23.9. The number of benzene rings is 1. The van der Waals surface area contributed by atoms with Crippen molar-refractivity contribution in [1.82, 2.24) is 5.32 Å². The lowest BCUT2D eigenvalue weighted by Crippen LogP contribution is -2.31. The van der Waals surface area contributed by atoms with E-state index in [4.69, 9.17) is 14.2 Å². The first kappa shape index (κ1) is 43.8. The van der Waals surface area contributed by atoms with Crippen LogP contribution < -0.4 is 14.8 Å². The third-order valence-corrected chi connectivity index (χ3v) is 8.09. The summed E-state index contributed by atoms with van der Waals surface area (Å²) in [4.78, 5) is 61.1. The Bertz CT molecular complexity index is 1210. The molecule has 0 atom stereocenters. The highest BCUT2D eigenvalue weighted by molar-refractivity contribution is 5.83. The smallest absolute Gasteiger partial charge is 0.330 e. The average molecular weight is 703 g/mol. The van der Waals surface area contributed by atoms with Crippen molar-refractivity contribution in [2.75, 3.05) is 26.9 Å². The molecule has 1 fully saturated rings. The minimum atomic E-state index is -0.916. The van der Waals surface area contributed by atoms with Crippen molar-refractivity contribution >= 4 is 29.7 Å². The van der Waals surface area contributed by atoms with Crippen molar-refractivity contribution in [3.8, 4) is 11.5 Å². The first-order valence-electron chi connectivity index (χ1n) is 18.1. The van der Waals surface area contributed by atoms with Gasteiger partial charge in [-0.2, -0.15) is 0 Å². The molecule has 1 amide bonds. The zero-order chi connectivity index (χ0) is 36.8. The van der Waals surface area contributed by atoms with Crippen molar-refractivity contribution in [3.05, 3.63) is 52.1 Å². The summed E-state index contributed by atoms with van der Waals surface area (Å²) in [5.74, 6) is 0.568. The number of hydrogen-bond acceptors (Lipinski definition) is 10. The summed E-state index contributed by atoms with van der Waals surface area (Å²) < 4.78 is 15.5. The lowest BCUT2D eigenvalue weighted by atomic mass is 9.98. The van der Waals surface area contributed by atoms with Gasteiger partial charge in [-0.05, 0) is 68.7 Å². The molecule has 0 heterocycles. The third-order valence-electron chi connectivity index (χ3n) is 8.09. The topological polar surface area (TPSA) is 160 Å². The number of methoxy groups -OCH3 is 1. The number of rotatable bonds is 25. The van der Waals surface area contributed by atoms with Crippen LogP contribution in [0.1, 0.15) is 129 Å². The fourth-order valence-electron chi connectivity index (χ4n) is 5.31. The van der Waals surface area contributed by atoms with E-state index in [1.165, 1.54) is 64.9 Å². The number of esters is 2. The van der Waals surface area contributed by atoms with Crippen LogP contribution >= 0.6 is 0 Å². The number of nitrogens with one attached hydrogen (secondary N) is 1. The Labute approximate surface area is 297 Å². The minimum Gasteiger partial charge on any atom is -0.493 e. The van der Waals surface area contributed by atoms with Crippen LogP contribution in [0.4, 0.5) is 0 Å². The van der Waals surface area contributed by atoms with Gasteiger partial charge in [0.15, 0.2) is 11.5 Å². The van der Waals surface area contributed by atoms with Crippen molar-refractivity contribution < 1.29 is 43.3 Å². The molecule has 0 saturated heterocycles. The zero-order valence-electron chi connectivity index (χ0n) is 30.3. The number of unbranched alkanes of at least 4 members (excludes halogenated alkanes) is 5.